The third-order valence-corrected chi connectivity index (χ3v) is 6.69. The van der Waals surface area contributed by atoms with E-state index in [2.05, 4.69) is 51.6 Å². The van der Waals surface area contributed by atoms with E-state index in [9.17, 15) is 4.79 Å². The predicted molar refractivity (Wildman–Crippen MR) is 131 cm³/mol. The summed E-state index contributed by atoms with van der Waals surface area (Å²) in [5.41, 5.74) is 4.46. The highest BCUT2D eigenvalue weighted by Gasteiger charge is 2.14. The topological polar surface area (TPSA) is 58.4 Å². The van der Waals surface area contributed by atoms with Crippen molar-refractivity contribution < 1.29 is 9.21 Å². The molecule has 4 rings (SSSR count). The summed E-state index contributed by atoms with van der Waals surface area (Å²) in [6.45, 7) is 6.01. The van der Waals surface area contributed by atoms with Crippen LogP contribution in [-0.2, 0) is 23.5 Å². The molecule has 2 heterocycles. The lowest BCUT2D eigenvalue weighted by molar-refractivity contribution is -0.118. The van der Waals surface area contributed by atoms with Crippen LogP contribution in [0.1, 0.15) is 35.4 Å². The maximum Gasteiger partial charge on any atom is 0.230 e. The second-order valence-corrected chi connectivity index (χ2v) is 9.27. The Kier molecular flexibility index (Phi) is 8.02. The van der Waals surface area contributed by atoms with Crippen molar-refractivity contribution in [1.29, 1.82) is 0 Å². The molecule has 32 heavy (non-hydrogen) atoms. The molecular formula is C26H31N3O2S. The van der Waals surface area contributed by atoms with Gasteiger partial charge in [0.25, 0.3) is 0 Å². The van der Waals surface area contributed by atoms with E-state index in [-0.39, 0.29) is 5.91 Å². The minimum atomic E-state index is 0.0564. The highest BCUT2D eigenvalue weighted by Crippen LogP contribution is 2.25. The van der Waals surface area contributed by atoms with Gasteiger partial charge in [0, 0.05) is 24.4 Å². The van der Waals surface area contributed by atoms with Crippen molar-refractivity contribution >= 4 is 17.7 Å². The summed E-state index contributed by atoms with van der Waals surface area (Å²) in [5, 5.41) is 2.99. The Hall–Kier alpha value is -2.57. The number of carbonyl (C=O) groups is 1. The van der Waals surface area contributed by atoms with E-state index >= 15 is 0 Å². The first-order valence-electron chi connectivity index (χ1n) is 11.3. The SMILES string of the molecule is Cc1oc(-c2ccc(CN3CCCC3)cc2)nc1CSCC(=O)NCCc1ccccc1. The standard InChI is InChI=1S/C26H31N3O2S/c1-20-24(18-32-19-25(30)27-14-13-21-7-3-2-4-8-21)28-26(31-20)23-11-9-22(10-12-23)17-29-15-5-6-16-29/h2-4,7-12H,5-6,13-19H2,1H3,(H,27,30). The van der Waals surface area contributed by atoms with Crippen molar-refractivity contribution in [2.45, 2.75) is 38.5 Å². The lowest BCUT2D eigenvalue weighted by atomic mass is 10.1. The lowest BCUT2D eigenvalue weighted by Crippen LogP contribution is -2.27. The lowest BCUT2D eigenvalue weighted by Gasteiger charge is -2.14. The molecule has 1 fully saturated rings. The number of hydrogen-bond donors (Lipinski definition) is 1. The average Bonchev–Trinajstić information content (AvgIpc) is 3.45. The molecule has 0 unspecified atom stereocenters. The molecular weight excluding hydrogens is 418 g/mol. The second kappa shape index (κ2) is 11.3. The zero-order valence-electron chi connectivity index (χ0n) is 18.7. The number of rotatable bonds is 10. The van der Waals surface area contributed by atoms with E-state index in [1.165, 1.54) is 37.1 Å². The molecule has 2 aromatic carbocycles. The molecule has 5 nitrogen and oxygen atoms in total. The van der Waals surface area contributed by atoms with Crippen molar-refractivity contribution in [3.05, 3.63) is 77.2 Å². The highest BCUT2D eigenvalue weighted by molar-refractivity contribution is 7.99. The van der Waals surface area contributed by atoms with E-state index in [0.29, 0.717) is 23.9 Å². The number of aromatic nitrogens is 1. The van der Waals surface area contributed by atoms with Crippen molar-refractivity contribution in [2.24, 2.45) is 0 Å². The Morgan fingerprint density at radius 2 is 1.81 bits per heavy atom. The Bertz CT molecular complexity index is 996. The zero-order chi connectivity index (χ0) is 22.2. The van der Waals surface area contributed by atoms with Gasteiger partial charge in [0.2, 0.25) is 11.8 Å². The van der Waals surface area contributed by atoms with E-state index in [0.717, 1.165) is 30.0 Å². The molecule has 0 bridgehead atoms. The third kappa shape index (κ3) is 6.47. The smallest absolute Gasteiger partial charge is 0.230 e. The van der Waals surface area contributed by atoms with Gasteiger partial charge in [0.05, 0.1) is 11.4 Å². The molecule has 1 aliphatic heterocycles. The normalized spacial score (nSPS) is 14.0. The summed E-state index contributed by atoms with van der Waals surface area (Å²) >= 11 is 1.56. The van der Waals surface area contributed by atoms with Gasteiger partial charge in [-0.1, -0.05) is 42.5 Å². The number of likely N-dealkylation sites (tertiary alicyclic amines) is 1. The van der Waals surface area contributed by atoms with Gasteiger partial charge in [-0.15, -0.1) is 11.8 Å². The van der Waals surface area contributed by atoms with Crippen molar-refractivity contribution in [3.63, 3.8) is 0 Å². The maximum absolute atomic E-state index is 12.1. The molecule has 1 aromatic heterocycles. The van der Waals surface area contributed by atoms with E-state index in [4.69, 9.17) is 4.42 Å². The second-order valence-electron chi connectivity index (χ2n) is 8.28. The summed E-state index contributed by atoms with van der Waals surface area (Å²) in [7, 11) is 0. The molecule has 3 aromatic rings. The van der Waals surface area contributed by atoms with Crippen molar-refractivity contribution in [3.8, 4) is 11.5 Å². The van der Waals surface area contributed by atoms with Gasteiger partial charge in [0.15, 0.2) is 0 Å². The maximum atomic E-state index is 12.1. The van der Waals surface area contributed by atoms with Gasteiger partial charge in [0.1, 0.15) is 5.76 Å². The van der Waals surface area contributed by atoms with Crippen LogP contribution in [0.5, 0.6) is 0 Å². The van der Waals surface area contributed by atoms with Crippen LogP contribution in [0.2, 0.25) is 0 Å². The molecule has 1 N–H and O–H groups in total. The number of thioether (sulfide) groups is 1. The average molecular weight is 450 g/mol. The van der Waals surface area contributed by atoms with Crippen LogP contribution in [0.3, 0.4) is 0 Å². The molecule has 0 aliphatic carbocycles. The quantitative estimate of drug-likeness (QED) is 0.480. The first-order chi connectivity index (χ1) is 15.7. The van der Waals surface area contributed by atoms with Gasteiger partial charge >= 0.3 is 0 Å². The van der Waals surface area contributed by atoms with Crippen LogP contribution in [0.15, 0.2) is 59.0 Å². The minimum absolute atomic E-state index is 0.0564. The molecule has 1 saturated heterocycles. The highest BCUT2D eigenvalue weighted by atomic mass is 32.2. The first kappa shape index (κ1) is 22.6. The fourth-order valence-corrected chi connectivity index (χ4v) is 4.77. The number of oxazole rings is 1. The number of hydrogen-bond acceptors (Lipinski definition) is 5. The third-order valence-electron chi connectivity index (χ3n) is 5.75. The fourth-order valence-electron chi connectivity index (χ4n) is 3.92. The summed E-state index contributed by atoms with van der Waals surface area (Å²) < 4.78 is 5.91. The van der Waals surface area contributed by atoms with Crippen LogP contribution in [0, 0.1) is 6.92 Å². The Morgan fingerprint density at radius 1 is 1.06 bits per heavy atom. The number of benzene rings is 2. The molecule has 0 radical (unpaired) electrons. The number of carbonyl (C=O) groups excluding carboxylic acids is 1. The Morgan fingerprint density at radius 3 is 2.56 bits per heavy atom. The van der Waals surface area contributed by atoms with Gasteiger partial charge in [-0.3, -0.25) is 9.69 Å². The van der Waals surface area contributed by atoms with E-state index < -0.39 is 0 Å². The number of nitrogens with zero attached hydrogens (tertiary/aromatic N) is 2. The van der Waals surface area contributed by atoms with Crippen LogP contribution in [0.25, 0.3) is 11.5 Å². The predicted octanol–water partition coefficient (Wildman–Crippen LogP) is 4.84. The first-order valence-corrected chi connectivity index (χ1v) is 12.5. The van der Waals surface area contributed by atoms with Gasteiger partial charge < -0.3 is 9.73 Å². The molecule has 6 heteroatoms. The molecule has 0 spiro atoms. The van der Waals surface area contributed by atoms with Gasteiger partial charge in [-0.25, -0.2) is 4.98 Å². The number of aryl methyl sites for hydroxylation is 1. The van der Waals surface area contributed by atoms with E-state index in [1.54, 1.807) is 11.8 Å². The summed E-state index contributed by atoms with van der Waals surface area (Å²) in [5.74, 6) is 2.60. The molecule has 0 saturated carbocycles. The Labute approximate surface area is 194 Å². The van der Waals surface area contributed by atoms with Crippen LogP contribution in [0.4, 0.5) is 0 Å². The summed E-state index contributed by atoms with van der Waals surface area (Å²) in [6.07, 6.45) is 3.47. The van der Waals surface area contributed by atoms with E-state index in [1.807, 2.05) is 25.1 Å². The molecule has 1 aliphatic rings. The zero-order valence-corrected chi connectivity index (χ0v) is 19.5. The molecule has 0 atom stereocenters. The Balaban J connectivity index is 1.22. The summed E-state index contributed by atoms with van der Waals surface area (Å²) in [6, 6.07) is 18.7. The number of amides is 1. The largest absolute Gasteiger partial charge is 0.441 e. The van der Waals surface area contributed by atoms with Crippen molar-refractivity contribution in [2.75, 3.05) is 25.4 Å². The van der Waals surface area contributed by atoms with Crippen LogP contribution < -0.4 is 5.32 Å². The molecule has 1 amide bonds. The van der Waals surface area contributed by atoms with Crippen LogP contribution >= 0.6 is 11.8 Å². The fraction of sp³-hybridized carbons (Fsp3) is 0.385. The van der Waals surface area contributed by atoms with Gasteiger partial charge in [-0.2, -0.15) is 0 Å². The summed E-state index contributed by atoms with van der Waals surface area (Å²) in [4.78, 5) is 19.3. The number of nitrogens with one attached hydrogen (secondary N) is 1. The monoisotopic (exact) mass is 449 g/mol. The van der Waals surface area contributed by atoms with Crippen molar-refractivity contribution in [1.82, 2.24) is 15.2 Å². The molecule has 168 valence electrons. The minimum Gasteiger partial charge on any atom is -0.441 e. The van der Waals surface area contributed by atoms with Crippen LogP contribution in [-0.4, -0.2) is 41.2 Å². The van der Waals surface area contributed by atoms with Gasteiger partial charge in [-0.05, 0) is 62.5 Å².